The molecule has 0 saturated carbocycles. The zero-order valence-electron chi connectivity index (χ0n) is 19.1. The third-order valence-corrected chi connectivity index (χ3v) is 6.91. The Kier molecular flexibility index (Phi) is 5.90. The van der Waals surface area contributed by atoms with Crippen molar-refractivity contribution in [2.24, 2.45) is 0 Å². The van der Waals surface area contributed by atoms with Gasteiger partial charge in [0.25, 0.3) is 0 Å². The molecule has 0 N–H and O–H groups in total. The SMILES string of the molecule is CCOC(=O)c1cc2cnc3c(-c4ccc(OC)cc4)cc(-c4ccc(OC)cc4)cc3c2s1. The van der Waals surface area contributed by atoms with Crippen LogP contribution >= 0.6 is 11.3 Å². The van der Waals surface area contributed by atoms with Gasteiger partial charge in [-0.05, 0) is 66.1 Å². The van der Waals surface area contributed by atoms with E-state index in [2.05, 4.69) is 12.1 Å². The molecule has 34 heavy (non-hydrogen) atoms. The minimum absolute atomic E-state index is 0.307. The maximum atomic E-state index is 12.4. The highest BCUT2D eigenvalue weighted by Gasteiger charge is 2.17. The molecule has 2 aromatic heterocycles. The number of aromatic nitrogens is 1. The highest BCUT2D eigenvalue weighted by Crippen LogP contribution is 2.39. The standard InChI is InChI=1S/C28H23NO4S/c1-4-33-28(30)25-15-20-16-29-26-23(18-7-11-22(32-3)12-8-18)13-19(14-24(26)27(20)34-25)17-5-9-21(31-2)10-6-17/h5-16H,4H2,1-3H3. The molecule has 0 saturated heterocycles. The number of thiophene rings is 1. The van der Waals surface area contributed by atoms with Gasteiger partial charge < -0.3 is 14.2 Å². The van der Waals surface area contributed by atoms with E-state index in [0.717, 1.165) is 54.7 Å². The minimum atomic E-state index is -0.307. The Morgan fingerprint density at radius 2 is 1.50 bits per heavy atom. The first kappa shape index (κ1) is 21.9. The average molecular weight is 470 g/mol. The van der Waals surface area contributed by atoms with Gasteiger partial charge in [0.15, 0.2) is 0 Å². The molecule has 0 amide bonds. The van der Waals surface area contributed by atoms with Crippen LogP contribution in [0.15, 0.2) is 72.9 Å². The normalized spacial score (nSPS) is 11.0. The predicted molar refractivity (Wildman–Crippen MR) is 137 cm³/mol. The first-order valence-electron chi connectivity index (χ1n) is 10.9. The van der Waals surface area contributed by atoms with Crippen LogP contribution in [0.5, 0.6) is 11.5 Å². The summed E-state index contributed by atoms with van der Waals surface area (Å²) in [7, 11) is 3.32. The third-order valence-electron chi connectivity index (χ3n) is 5.75. The van der Waals surface area contributed by atoms with Crippen LogP contribution in [0.3, 0.4) is 0 Å². The van der Waals surface area contributed by atoms with Crippen LogP contribution in [-0.2, 0) is 4.74 Å². The van der Waals surface area contributed by atoms with Gasteiger partial charge in [-0.3, -0.25) is 4.98 Å². The number of nitrogens with zero attached hydrogens (tertiary/aromatic N) is 1. The van der Waals surface area contributed by atoms with E-state index >= 15 is 0 Å². The summed E-state index contributed by atoms with van der Waals surface area (Å²) in [6, 6.07) is 22.1. The molecule has 0 radical (unpaired) electrons. The van der Waals surface area contributed by atoms with Crippen LogP contribution < -0.4 is 9.47 Å². The fourth-order valence-corrected chi connectivity index (χ4v) is 5.08. The second kappa shape index (κ2) is 9.15. The molecule has 5 nitrogen and oxygen atoms in total. The fourth-order valence-electron chi connectivity index (χ4n) is 4.04. The molecule has 170 valence electrons. The zero-order valence-corrected chi connectivity index (χ0v) is 19.9. The van der Waals surface area contributed by atoms with Gasteiger partial charge in [-0.1, -0.05) is 24.3 Å². The third kappa shape index (κ3) is 3.97. The molecule has 0 unspecified atom stereocenters. The summed E-state index contributed by atoms with van der Waals surface area (Å²) in [5.41, 5.74) is 5.05. The predicted octanol–water partition coefficient (Wildman–Crippen LogP) is 6.98. The number of hydrogen-bond donors (Lipinski definition) is 0. The van der Waals surface area contributed by atoms with Crippen LogP contribution in [0.2, 0.25) is 0 Å². The van der Waals surface area contributed by atoms with Crippen LogP contribution in [0.25, 0.3) is 43.2 Å². The van der Waals surface area contributed by atoms with Crippen LogP contribution in [0, 0.1) is 0 Å². The second-order valence-corrected chi connectivity index (χ2v) is 8.80. The molecular weight excluding hydrogens is 446 g/mol. The molecule has 3 aromatic carbocycles. The molecule has 6 heteroatoms. The van der Waals surface area contributed by atoms with E-state index in [1.807, 2.05) is 67.7 Å². The van der Waals surface area contributed by atoms with Crippen molar-refractivity contribution in [2.45, 2.75) is 6.92 Å². The number of pyridine rings is 1. The first-order valence-corrected chi connectivity index (χ1v) is 11.7. The van der Waals surface area contributed by atoms with Gasteiger partial charge in [-0.15, -0.1) is 11.3 Å². The van der Waals surface area contributed by atoms with E-state index < -0.39 is 0 Å². The summed E-state index contributed by atoms with van der Waals surface area (Å²) in [6.07, 6.45) is 1.83. The lowest BCUT2D eigenvalue weighted by molar-refractivity contribution is 0.0532. The molecular formula is C28H23NO4S. The fraction of sp³-hybridized carbons (Fsp3) is 0.143. The van der Waals surface area contributed by atoms with Crippen molar-refractivity contribution in [3.05, 3.63) is 77.8 Å². The lowest BCUT2D eigenvalue weighted by Gasteiger charge is -2.12. The van der Waals surface area contributed by atoms with Gasteiger partial charge in [0.1, 0.15) is 16.4 Å². The number of carbonyl (C=O) groups is 1. The number of methoxy groups -OCH3 is 2. The number of carbonyl (C=O) groups excluding carboxylic acids is 1. The van der Waals surface area contributed by atoms with E-state index in [0.29, 0.717) is 11.5 Å². The van der Waals surface area contributed by atoms with Gasteiger partial charge in [-0.2, -0.15) is 0 Å². The van der Waals surface area contributed by atoms with Gasteiger partial charge in [0, 0.05) is 27.2 Å². The molecule has 5 aromatic rings. The summed E-state index contributed by atoms with van der Waals surface area (Å²) >= 11 is 1.44. The van der Waals surface area contributed by atoms with Crippen molar-refractivity contribution in [3.8, 4) is 33.8 Å². The Labute approximate surface area is 201 Å². The summed E-state index contributed by atoms with van der Waals surface area (Å²) in [4.78, 5) is 17.8. The number of rotatable bonds is 6. The molecule has 0 aliphatic rings. The van der Waals surface area contributed by atoms with Crippen molar-refractivity contribution >= 4 is 38.3 Å². The average Bonchev–Trinajstić information content (AvgIpc) is 3.33. The summed E-state index contributed by atoms with van der Waals surface area (Å²) in [5.74, 6) is 1.30. The summed E-state index contributed by atoms with van der Waals surface area (Å²) in [5, 5.41) is 1.92. The second-order valence-electron chi connectivity index (χ2n) is 7.75. The quantitative estimate of drug-likeness (QED) is 0.251. The molecule has 2 heterocycles. The lowest BCUT2D eigenvalue weighted by Crippen LogP contribution is -2.01. The van der Waals surface area contributed by atoms with Crippen LogP contribution in [-0.4, -0.2) is 31.8 Å². The largest absolute Gasteiger partial charge is 0.497 e. The molecule has 0 aliphatic carbocycles. The maximum Gasteiger partial charge on any atom is 0.348 e. The lowest BCUT2D eigenvalue weighted by atomic mass is 9.95. The highest BCUT2D eigenvalue weighted by molar-refractivity contribution is 7.21. The topological polar surface area (TPSA) is 57.7 Å². The van der Waals surface area contributed by atoms with Gasteiger partial charge in [0.2, 0.25) is 0 Å². The zero-order chi connectivity index (χ0) is 23.7. The molecule has 0 fully saturated rings. The Bertz CT molecular complexity index is 1490. The van der Waals surface area contributed by atoms with Crippen molar-refractivity contribution < 1.29 is 19.0 Å². The Hall–Kier alpha value is -3.90. The number of hydrogen-bond acceptors (Lipinski definition) is 6. The Morgan fingerprint density at radius 3 is 2.12 bits per heavy atom. The smallest absolute Gasteiger partial charge is 0.348 e. The van der Waals surface area contributed by atoms with Gasteiger partial charge in [0.05, 0.1) is 26.3 Å². The van der Waals surface area contributed by atoms with Crippen molar-refractivity contribution in [3.63, 3.8) is 0 Å². The van der Waals surface area contributed by atoms with E-state index in [4.69, 9.17) is 19.2 Å². The summed E-state index contributed by atoms with van der Waals surface area (Å²) in [6.45, 7) is 2.15. The van der Waals surface area contributed by atoms with E-state index in [1.54, 1.807) is 14.2 Å². The summed E-state index contributed by atoms with van der Waals surface area (Å²) < 4.78 is 16.9. The van der Waals surface area contributed by atoms with Crippen molar-refractivity contribution in [1.82, 2.24) is 4.98 Å². The maximum absolute atomic E-state index is 12.4. The molecule has 0 spiro atoms. The Morgan fingerprint density at radius 1 is 0.853 bits per heavy atom. The molecule has 0 atom stereocenters. The number of esters is 1. The first-order chi connectivity index (χ1) is 16.6. The van der Waals surface area contributed by atoms with Crippen molar-refractivity contribution in [2.75, 3.05) is 20.8 Å². The van der Waals surface area contributed by atoms with Crippen LogP contribution in [0.4, 0.5) is 0 Å². The van der Waals surface area contributed by atoms with Crippen molar-refractivity contribution in [1.29, 1.82) is 0 Å². The van der Waals surface area contributed by atoms with Gasteiger partial charge in [-0.25, -0.2) is 4.79 Å². The van der Waals surface area contributed by atoms with E-state index in [9.17, 15) is 4.79 Å². The van der Waals surface area contributed by atoms with E-state index in [-0.39, 0.29) is 5.97 Å². The van der Waals surface area contributed by atoms with Gasteiger partial charge >= 0.3 is 5.97 Å². The Balaban J connectivity index is 1.76. The minimum Gasteiger partial charge on any atom is -0.497 e. The number of fused-ring (bicyclic) bond motifs is 3. The number of benzene rings is 3. The van der Waals surface area contributed by atoms with E-state index in [1.165, 1.54) is 11.3 Å². The van der Waals surface area contributed by atoms with Crippen LogP contribution in [0.1, 0.15) is 16.6 Å². The monoisotopic (exact) mass is 469 g/mol. The molecule has 0 bridgehead atoms. The molecule has 0 aliphatic heterocycles. The molecule has 5 rings (SSSR count). The highest BCUT2D eigenvalue weighted by atomic mass is 32.1. The number of ether oxygens (including phenoxy) is 3.